The van der Waals surface area contributed by atoms with Crippen molar-refractivity contribution in [3.8, 4) is 0 Å². The van der Waals surface area contributed by atoms with Crippen molar-refractivity contribution in [3.05, 3.63) is 12.2 Å². The lowest BCUT2D eigenvalue weighted by molar-refractivity contribution is -0.141. The Labute approximate surface area is 73.0 Å². The van der Waals surface area contributed by atoms with E-state index in [2.05, 4.69) is 6.58 Å². The Morgan fingerprint density at radius 3 is 2.42 bits per heavy atom. The molecule has 0 fully saturated rings. The number of aliphatic hydroxyl groups excluding tert-OH is 1. The normalized spacial score (nSPS) is 15.0. The maximum atomic E-state index is 10.9. The fourth-order valence-corrected chi connectivity index (χ4v) is 0.470. The highest BCUT2D eigenvalue weighted by molar-refractivity contribution is 5.86. The highest BCUT2D eigenvalue weighted by Gasteiger charge is 2.11. The van der Waals surface area contributed by atoms with Crippen LogP contribution >= 0.6 is 0 Å². The minimum absolute atomic E-state index is 0.0340. The summed E-state index contributed by atoms with van der Waals surface area (Å²) < 4.78 is 4.83. The monoisotopic (exact) mass is 172 g/mol. The molecule has 70 valence electrons. The lowest BCUT2D eigenvalue weighted by Gasteiger charge is -2.14. The van der Waals surface area contributed by atoms with Gasteiger partial charge in [0.2, 0.25) is 0 Å². The fourth-order valence-electron chi connectivity index (χ4n) is 0.470. The second-order valence-corrected chi connectivity index (χ2v) is 3.10. The molecule has 0 aliphatic heterocycles. The second-order valence-electron chi connectivity index (χ2n) is 3.10. The lowest BCUT2D eigenvalue weighted by Crippen LogP contribution is -2.21. The van der Waals surface area contributed by atoms with Crippen LogP contribution in [-0.2, 0) is 9.53 Å². The van der Waals surface area contributed by atoms with Crippen molar-refractivity contribution in [3.63, 3.8) is 0 Å². The average molecular weight is 172 g/mol. The maximum absolute atomic E-state index is 10.9. The van der Waals surface area contributed by atoms with E-state index in [0.717, 1.165) is 0 Å². The smallest absolute Gasteiger partial charge is 0.333 e. The van der Waals surface area contributed by atoms with E-state index in [-0.39, 0.29) is 12.5 Å². The molecule has 0 aliphatic carbocycles. The Morgan fingerprint density at radius 2 is 2.08 bits per heavy atom. The molecule has 2 atom stereocenters. The van der Waals surface area contributed by atoms with E-state index in [1.807, 2.05) is 6.92 Å². The molecular weight excluding hydrogens is 156 g/mol. The number of carbonyl (C=O) groups is 1. The molecule has 0 saturated heterocycles. The zero-order valence-electron chi connectivity index (χ0n) is 7.83. The van der Waals surface area contributed by atoms with Gasteiger partial charge < -0.3 is 9.84 Å². The summed E-state index contributed by atoms with van der Waals surface area (Å²) in [7, 11) is 0. The molecule has 1 N–H and O–H groups in total. The van der Waals surface area contributed by atoms with E-state index in [1.54, 1.807) is 13.8 Å². The first kappa shape index (κ1) is 11.2. The number of ether oxygens (including phenoxy) is 1. The molecule has 3 heteroatoms. The lowest BCUT2D eigenvalue weighted by atomic mass is 10.1. The predicted molar refractivity (Wildman–Crippen MR) is 46.6 cm³/mol. The number of hydrogen-bond donors (Lipinski definition) is 1. The fraction of sp³-hybridized carbons (Fsp3) is 0.667. The summed E-state index contributed by atoms with van der Waals surface area (Å²) in [6.45, 7) is 8.75. The molecule has 0 rings (SSSR count). The first-order chi connectivity index (χ1) is 5.45. The number of aliphatic hydroxyl groups is 1. The van der Waals surface area contributed by atoms with Gasteiger partial charge in [-0.2, -0.15) is 0 Å². The molecule has 0 saturated carbocycles. The van der Waals surface area contributed by atoms with Gasteiger partial charge in [0.25, 0.3) is 0 Å². The van der Waals surface area contributed by atoms with E-state index >= 15 is 0 Å². The SMILES string of the molecule is C=C(C)C(=O)OCC(C)C(C)O. The van der Waals surface area contributed by atoms with Crippen LogP contribution in [0.25, 0.3) is 0 Å². The van der Waals surface area contributed by atoms with Crippen molar-refractivity contribution in [2.75, 3.05) is 6.61 Å². The molecule has 12 heavy (non-hydrogen) atoms. The van der Waals surface area contributed by atoms with E-state index in [4.69, 9.17) is 9.84 Å². The molecule has 0 aromatic heterocycles. The van der Waals surface area contributed by atoms with E-state index in [9.17, 15) is 4.79 Å². The van der Waals surface area contributed by atoms with Crippen molar-refractivity contribution in [2.45, 2.75) is 26.9 Å². The molecule has 0 aliphatic rings. The topological polar surface area (TPSA) is 46.5 Å². The van der Waals surface area contributed by atoms with Crippen LogP contribution in [0.15, 0.2) is 12.2 Å². The summed E-state index contributed by atoms with van der Waals surface area (Å²) in [5.41, 5.74) is 0.382. The highest BCUT2D eigenvalue weighted by atomic mass is 16.5. The van der Waals surface area contributed by atoms with Gasteiger partial charge in [-0.25, -0.2) is 4.79 Å². The molecule has 0 aromatic carbocycles. The molecule has 2 unspecified atom stereocenters. The van der Waals surface area contributed by atoms with Gasteiger partial charge in [-0.1, -0.05) is 13.5 Å². The minimum atomic E-state index is -0.456. The van der Waals surface area contributed by atoms with E-state index in [0.29, 0.717) is 5.57 Å². The van der Waals surface area contributed by atoms with E-state index < -0.39 is 12.1 Å². The van der Waals surface area contributed by atoms with Gasteiger partial charge in [-0.15, -0.1) is 0 Å². The van der Waals surface area contributed by atoms with Gasteiger partial charge in [0, 0.05) is 11.5 Å². The van der Waals surface area contributed by atoms with Gasteiger partial charge in [-0.3, -0.25) is 0 Å². The molecule has 3 nitrogen and oxygen atoms in total. The average Bonchev–Trinajstić information content (AvgIpc) is 1.98. The quantitative estimate of drug-likeness (QED) is 0.510. The second kappa shape index (κ2) is 4.93. The van der Waals surface area contributed by atoms with Crippen molar-refractivity contribution in [2.24, 2.45) is 5.92 Å². The zero-order chi connectivity index (χ0) is 9.72. The molecule has 0 aromatic rings. The zero-order valence-corrected chi connectivity index (χ0v) is 7.83. The summed E-state index contributed by atoms with van der Waals surface area (Å²) in [5, 5.41) is 9.06. The van der Waals surface area contributed by atoms with Gasteiger partial charge in [-0.05, 0) is 13.8 Å². The molecular formula is C9H16O3. The summed E-state index contributed by atoms with van der Waals surface area (Å²) in [6.07, 6.45) is -0.456. The van der Waals surface area contributed by atoms with Crippen LogP contribution in [0.2, 0.25) is 0 Å². The Hall–Kier alpha value is -0.830. The van der Waals surface area contributed by atoms with Crippen molar-refractivity contribution >= 4 is 5.97 Å². The Kier molecular flexibility index (Phi) is 4.59. The first-order valence-electron chi connectivity index (χ1n) is 3.95. The van der Waals surface area contributed by atoms with Crippen LogP contribution in [0.1, 0.15) is 20.8 Å². The van der Waals surface area contributed by atoms with Crippen LogP contribution in [0.3, 0.4) is 0 Å². The van der Waals surface area contributed by atoms with E-state index in [1.165, 1.54) is 0 Å². The molecule has 0 radical (unpaired) electrons. The van der Waals surface area contributed by atoms with Crippen LogP contribution in [-0.4, -0.2) is 23.8 Å². The molecule has 0 bridgehead atoms. The Balaban J connectivity index is 3.69. The molecule has 0 spiro atoms. The third-order valence-electron chi connectivity index (χ3n) is 1.65. The number of carbonyl (C=O) groups excluding carboxylic acids is 1. The van der Waals surface area contributed by atoms with Crippen molar-refractivity contribution in [1.82, 2.24) is 0 Å². The van der Waals surface area contributed by atoms with Crippen molar-refractivity contribution < 1.29 is 14.6 Å². The molecule has 0 heterocycles. The first-order valence-corrected chi connectivity index (χ1v) is 3.95. The highest BCUT2D eigenvalue weighted by Crippen LogP contribution is 2.03. The van der Waals surface area contributed by atoms with Gasteiger partial charge in [0.05, 0.1) is 12.7 Å². The standard InChI is InChI=1S/C9H16O3/c1-6(2)9(11)12-5-7(3)8(4)10/h7-8,10H,1,5H2,2-4H3. The summed E-state index contributed by atoms with van der Waals surface area (Å²) >= 11 is 0. The number of esters is 1. The minimum Gasteiger partial charge on any atom is -0.462 e. The third kappa shape index (κ3) is 4.13. The van der Waals surface area contributed by atoms with Gasteiger partial charge in [0.15, 0.2) is 0 Å². The summed E-state index contributed by atoms with van der Waals surface area (Å²) in [5.74, 6) is -0.434. The van der Waals surface area contributed by atoms with Gasteiger partial charge in [0.1, 0.15) is 0 Å². The van der Waals surface area contributed by atoms with Crippen molar-refractivity contribution in [1.29, 1.82) is 0 Å². The number of hydrogen-bond acceptors (Lipinski definition) is 3. The Morgan fingerprint density at radius 1 is 1.58 bits per heavy atom. The molecule has 0 amide bonds. The van der Waals surface area contributed by atoms with Crippen LogP contribution in [0.5, 0.6) is 0 Å². The van der Waals surface area contributed by atoms with Gasteiger partial charge >= 0.3 is 5.97 Å². The largest absolute Gasteiger partial charge is 0.462 e. The van der Waals surface area contributed by atoms with Crippen LogP contribution in [0.4, 0.5) is 0 Å². The Bertz CT molecular complexity index is 173. The van der Waals surface area contributed by atoms with Crippen LogP contribution < -0.4 is 0 Å². The van der Waals surface area contributed by atoms with Crippen LogP contribution in [0, 0.1) is 5.92 Å². The third-order valence-corrected chi connectivity index (χ3v) is 1.65. The maximum Gasteiger partial charge on any atom is 0.333 e. The predicted octanol–water partition coefficient (Wildman–Crippen LogP) is 1.12. The summed E-state index contributed by atoms with van der Waals surface area (Å²) in [4.78, 5) is 10.9. The summed E-state index contributed by atoms with van der Waals surface area (Å²) in [6, 6.07) is 0. The number of rotatable bonds is 4.